The number of halogens is 3. The second kappa shape index (κ2) is 7.51. The predicted molar refractivity (Wildman–Crippen MR) is 114 cm³/mol. The van der Waals surface area contributed by atoms with Crippen LogP contribution in [-0.4, -0.2) is 31.3 Å². The molecule has 3 fully saturated rings. The first-order valence-electron chi connectivity index (χ1n) is 10.2. The third-order valence-electron chi connectivity index (χ3n) is 6.58. The monoisotopic (exact) mass is 453 g/mol. The summed E-state index contributed by atoms with van der Waals surface area (Å²) in [6.45, 7) is 0. The normalized spacial score (nSPS) is 27.5. The smallest absolute Gasteiger partial charge is 0.324 e. The van der Waals surface area contributed by atoms with E-state index in [4.69, 9.17) is 0 Å². The van der Waals surface area contributed by atoms with Gasteiger partial charge < -0.3 is 5.32 Å². The van der Waals surface area contributed by atoms with Crippen molar-refractivity contribution in [1.82, 2.24) is 9.78 Å². The van der Waals surface area contributed by atoms with Gasteiger partial charge in [0.2, 0.25) is 5.91 Å². The van der Waals surface area contributed by atoms with Crippen LogP contribution in [0.3, 0.4) is 0 Å². The van der Waals surface area contributed by atoms with Crippen molar-refractivity contribution in [3.05, 3.63) is 42.2 Å². The zero-order valence-corrected chi connectivity index (χ0v) is 17.8. The minimum absolute atomic E-state index is 0.149. The Bertz CT molecular complexity index is 925. The Morgan fingerprint density at radius 3 is 2.47 bits per heavy atom. The molecule has 160 valence electrons. The lowest BCUT2D eigenvalue weighted by Crippen LogP contribution is -2.41. The van der Waals surface area contributed by atoms with Gasteiger partial charge in [-0.2, -0.15) is 18.3 Å². The molecule has 1 spiro atoms. The van der Waals surface area contributed by atoms with E-state index in [1.807, 2.05) is 0 Å². The van der Waals surface area contributed by atoms with E-state index >= 15 is 0 Å². The number of hydrogen-bond donors (Lipinski definition) is 1. The largest absolute Gasteiger partial charge is 0.416 e. The predicted octanol–water partition coefficient (Wildman–Crippen LogP) is 5.44. The zero-order valence-electron chi connectivity index (χ0n) is 16.2. The lowest BCUT2D eigenvalue weighted by atomic mass is 9.79. The third-order valence-corrected chi connectivity index (χ3v) is 10.6. The van der Waals surface area contributed by atoms with Crippen LogP contribution in [0.2, 0.25) is 0 Å². The highest BCUT2D eigenvalue weighted by atomic mass is 32.2. The Morgan fingerprint density at radius 1 is 1.17 bits per heavy atom. The highest BCUT2D eigenvalue weighted by molar-refractivity contribution is 8.21. The minimum atomic E-state index is -4.48. The van der Waals surface area contributed by atoms with Gasteiger partial charge in [-0.3, -0.25) is 4.79 Å². The van der Waals surface area contributed by atoms with Gasteiger partial charge >= 0.3 is 6.18 Å². The Hall–Kier alpha value is -1.61. The molecule has 2 aliphatic carbocycles. The van der Waals surface area contributed by atoms with E-state index in [0.29, 0.717) is 17.5 Å². The fourth-order valence-corrected chi connectivity index (χ4v) is 9.21. The van der Waals surface area contributed by atoms with E-state index in [-0.39, 0.29) is 21.6 Å². The van der Waals surface area contributed by atoms with Crippen molar-refractivity contribution >= 4 is 35.1 Å². The molecule has 1 aliphatic heterocycles. The average Bonchev–Trinajstić information content (AvgIpc) is 3.43. The van der Waals surface area contributed by atoms with Gasteiger partial charge in [-0.05, 0) is 61.8 Å². The van der Waals surface area contributed by atoms with Crippen LogP contribution >= 0.6 is 23.5 Å². The molecule has 1 aromatic heterocycles. The summed E-state index contributed by atoms with van der Waals surface area (Å²) >= 11 is 4.12. The Labute approximate surface area is 181 Å². The lowest BCUT2D eigenvalue weighted by molar-refractivity contribution is -0.137. The van der Waals surface area contributed by atoms with Crippen LogP contribution in [0.25, 0.3) is 5.69 Å². The molecule has 3 aliphatic rings. The van der Waals surface area contributed by atoms with Gasteiger partial charge in [0.05, 0.1) is 21.0 Å². The third kappa shape index (κ3) is 3.43. The maximum absolute atomic E-state index is 13.3. The number of nitrogens with one attached hydrogen (secondary N) is 1. The molecule has 1 N–H and O–H groups in total. The number of carbonyl (C=O) groups excluding carboxylic acids is 1. The van der Waals surface area contributed by atoms with Crippen LogP contribution in [0.15, 0.2) is 36.7 Å². The van der Waals surface area contributed by atoms with Crippen LogP contribution < -0.4 is 5.32 Å². The van der Waals surface area contributed by atoms with E-state index in [0.717, 1.165) is 37.8 Å². The summed E-state index contributed by atoms with van der Waals surface area (Å²) in [5.41, 5.74) is -0.204. The molecule has 2 bridgehead atoms. The van der Waals surface area contributed by atoms with Crippen molar-refractivity contribution in [3.8, 4) is 5.69 Å². The number of anilines is 1. The number of nitrogens with zero attached hydrogens (tertiary/aromatic N) is 2. The first kappa shape index (κ1) is 20.3. The van der Waals surface area contributed by atoms with E-state index in [9.17, 15) is 18.0 Å². The maximum atomic E-state index is 13.3. The van der Waals surface area contributed by atoms with Crippen molar-refractivity contribution in [2.75, 3.05) is 16.8 Å². The van der Waals surface area contributed by atoms with Crippen molar-refractivity contribution in [1.29, 1.82) is 0 Å². The number of carbonyl (C=O) groups is 1. The summed E-state index contributed by atoms with van der Waals surface area (Å²) in [7, 11) is 0. The van der Waals surface area contributed by atoms with Gasteiger partial charge in [-0.1, -0.05) is 0 Å². The van der Waals surface area contributed by atoms with Crippen molar-refractivity contribution in [2.24, 2.45) is 17.8 Å². The molecule has 1 aromatic carbocycles. The number of hydrogen-bond acceptors (Lipinski definition) is 4. The molecule has 5 rings (SSSR count). The van der Waals surface area contributed by atoms with E-state index in [2.05, 4.69) is 33.9 Å². The van der Waals surface area contributed by atoms with Gasteiger partial charge in [0, 0.05) is 29.8 Å². The first-order valence-corrected chi connectivity index (χ1v) is 12.1. The fourth-order valence-electron chi connectivity index (χ4n) is 5.27. The van der Waals surface area contributed by atoms with Gasteiger partial charge in [0.1, 0.15) is 0 Å². The molecule has 1 unspecified atom stereocenters. The van der Waals surface area contributed by atoms with E-state index in [1.54, 1.807) is 18.5 Å². The van der Waals surface area contributed by atoms with Gasteiger partial charge in [0.15, 0.2) is 0 Å². The molecular weight excluding hydrogens is 431 g/mol. The molecule has 9 heteroatoms. The molecule has 0 radical (unpaired) electrons. The molecule has 2 aromatic rings. The molecule has 3 atom stereocenters. The van der Waals surface area contributed by atoms with E-state index < -0.39 is 11.7 Å². The molecule has 1 amide bonds. The van der Waals surface area contributed by atoms with Crippen LogP contribution in [0.5, 0.6) is 0 Å². The summed E-state index contributed by atoms with van der Waals surface area (Å²) < 4.78 is 41.6. The van der Waals surface area contributed by atoms with Gasteiger partial charge in [-0.15, -0.1) is 23.5 Å². The number of benzene rings is 1. The van der Waals surface area contributed by atoms with Gasteiger partial charge in [-0.25, -0.2) is 4.68 Å². The zero-order chi connectivity index (χ0) is 20.9. The fraction of sp³-hybridized carbons (Fsp3) is 0.524. The second-order valence-corrected chi connectivity index (χ2v) is 11.2. The number of aromatic nitrogens is 2. The molecular formula is C21H22F3N3OS2. The van der Waals surface area contributed by atoms with Crippen LogP contribution in [0.1, 0.15) is 31.2 Å². The first-order chi connectivity index (χ1) is 14.4. The number of rotatable bonds is 3. The molecule has 2 heterocycles. The molecule has 30 heavy (non-hydrogen) atoms. The summed E-state index contributed by atoms with van der Waals surface area (Å²) in [5, 5.41) is 6.94. The molecule has 1 saturated heterocycles. The van der Waals surface area contributed by atoms with Crippen LogP contribution in [-0.2, 0) is 11.0 Å². The highest BCUT2D eigenvalue weighted by Crippen LogP contribution is 2.65. The minimum Gasteiger partial charge on any atom is -0.324 e. The number of alkyl halides is 3. The second-order valence-electron chi connectivity index (χ2n) is 8.23. The van der Waals surface area contributed by atoms with Crippen molar-refractivity contribution < 1.29 is 18.0 Å². The van der Waals surface area contributed by atoms with Gasteiger partial charge in [0.25, 0.3) is 0 Å². The SMILES string of the molecule is O=C(Nc1cc(C(F)(F)F)ccc1-n1cccn1)C1C[C@H]2CC[C@@H](C1)C21SCCS1. The molecule has 2 saturated carbocycles. The summed E-state index contributed by atoms with van der Waals surface area (Å²) in [6, 6.07) is 5.08. The maximum Gasteiger partial charge on any atom is 0.416 e. The number of thioether (sulfide) groups is 2. The van der Waals surface area contributed by atoms with Crippen LogP contribution in [0.4, 0.5) is 18.9 Å². The van der Waals surface area contributed by atoms with Crippen molar-refractivity contribution in [2.45, 2.75) is 35.9 Å². The summed E-state index contributed by atoms with van der Waals surface area (Å²) in [5.74, 6) is 3.03. The Morgan fingerprint density at radius 2 is 1.87 bits per heavy atom. The average molecular weight is 454 g/mol. The van der Waals surface area contributed by atoms with E-state index in [1.165, 1.54) is 22.3 Å². The number of amides is 1. The Balaban J connectivity index is 1.39. The lowest BCUT2D eigenvalue weighted by Gasteiger charge is -2.42. The standard InChI is InChI=1S/C21H22F3N3OS2/c22-21(23,24)16-4-5-18(27-7-1-6-25-27)17(12-16)26-19(28)13-10-14-2-3-15(11-13)20(14)29-8-9-30-20/h1,4-7,12-15H,2-3,8-11H2,(H,26,28)/t13?,14-,15+. The van der Waals surface area contributed by atoms with Crippen molar-refractivity contribution in [3.63, 3.8) is 0 Å². The van der Waals surface area contributed by atoms with Crippen LogP contribution in [0, 0.1) is 17.8 Å². The highest BCUT2D eigenvalue weighted by Gasteiger charge is 2.57. The summed E-state index contributed by atoms with van der Waals surface area (Å²) in [6.07, 6.45) is 2.66. The topological polar surface area (TPSA) is 46.9 Å². The molecule has 4 nitrogen and oxygen atoms in total. The quantitative estimate of drug-likeness (QED) is 0.672. The summed E-state index contributed by atoms with van der Waals surface area (Å²) in [4.78, 5) is 13.1. The Kier molecular flexibility index (Phi) is 5.08.